The molecule has 0 aromatic heterocycles. The number of alkyl halides is 3. The third-order valence-electron chi connectivity index (χ3n) is 2.84. The van der Waals surface area contributed by atoms with Gasteiger partial charge in [0.2, 0.25) is 0 Å². The molecule has 6 heteroatoms. The molecular formula is C13H18F3NO2. The Labute approximate surface area is 110 Å². The van der Waals surface area contributed by atoms with Crippen molar-refractivity contribution in [3.63, 3.8) is 0 Å². The smallest absolute Gasteiger partial charge is 0.396 e. The van der Waals surface area contributed by atoms with Crippen molar-refractivity contribution in [2.75, 3.05) is 13.2 Å². The van der Waals surface area contributed by atoms with E-state index in [-0.39, 0.29) is 19.2 Å². The van der Waals surface area contributed by atoms with Crippen LogP contribution in [0.2, 0.25) is 0 Å². The fraction of sp³-hybridized carbons (Fsp3) is 0.538. The lowest BCUT2D eigenvalue weighted by Gasteiger charge is -2.17. The molecule has 2 atom stereocenters. The minimum atomic E-state index is -4.36. The molecule has 3 nitrogen and oxygen atoms in total. The van der Waals surface area contributed by atoms with Gasteiger partial charge in [0.15, 0.2) is 0 Å². The molecule has 0 spiro atoms. The highest BCUT2D eigenvalue weighted by molar-refractivity contribution is 5.26. The third-order valence-corrected chi connectivity index (χ3v) is 2.84. The zero-order chi connectivity index (χ0) is 14.5. The van der Waals surface area contributed by atoms with Gasteiger partial charge < -0.3 is 15.5 Å². The van der Waals surface area contributed by atoms with Crippen molar-refractivity contribution >= 4 is 0 Å². The van der Waals surface area contributed by atoms with Crippen LogP contribution in [0, 0.1) is 0 Å². The number of hydrogen-bond acceptors (Lipinski definition) is 3. The molecule has 0 aliphatic carbocycles. The van der Waals surface area contributed by atoms with Crippen LogP contribution < -0.4 is 5.32 Å². The van der Waals surface area contributed by atoms with Crippen molar-refractivity contribution in [3.05, 3.63) is 35.4 Å². The summed E-state index contributed by atoms with van der Waals surface area (Å²) < 4.78 is 37.1. The van der Waals surface area contributed by atoms with E-state index in [4.69, 9.17) is 5.11 Å². The van der Waals surface area contributed by atoms with Gasteiger partial charge in [0.05, 0.1) is 11.7 Å². The Hall–Kier alpha value is -1.11. The summed E-state index contributed by atoms with van der Waals surface area (Å²) in [5, 5.41) is 21.5. The summed E-state index contributed by atoms with van der Waals surface area (Å²) in [7, 11) is 0. The molecule has 1 rings (SSSR count). The number of rotatable bonds is 6. The lowest BCUT2D eigenvalue weighted by atomic mass is 10.1. The topological polar surface area (TPSA) is 52.5 Å². The van der Waals surface area contributed by atoms with Gasteiger partial charge in [-0.2, -0.15) is 13.2 Å². The van der Waals surface area contributed by atoms with Gasteiger partial charge in [-0.3, -0.25) is 0 Å². The van der Waals surface area contributed by atoms with Crippen molar-refractivity contribution < 1.29 is 23.4 Å². The molecule has 2 unspecified atom stereocenters. The molecule has 0 aliphatic heterocycles. The maximum Gasteiger partial charge on any atom is 0.416 e. The summed E-state index contributed by atoms with van der Waals surface area (Å²) in [5.74, 6) is 0. The second-order valence-electron chi connectivity index (χ2n) is 4.46. The maximum absolute atomic E-state index is 12.4. The lowest BCUT2D eigenvalue weighted by molar-refractivity contribution is -0.137. The van der Waals surface area contributed by atoms with Crippen LogP contribution in [-0.2, 0) is 6.18 Å². The Morgan fingerprint density at radius 3 is 2.26 bits per heavy atom. The van der Waals surface area contributed by atoms with Crippen LogP contribution in [0.5, 0.6) is 0 Å². The van der Waals surface area contributed by atoms with E-state index in [1.165, 1.54) is 12.1 Å². The molecule has 0 fully saturated rings. The summed E-state index contributed by atoms with van der Waals surface area (Å²) in [4.78, 5) is 0. The second kappa shape index (κ2) is 6.88. The summed E-state index contributed by atoms with van der Waals surface area (Å²) >= 11 is 0. The zero-order valence-corrected chi connectivity index (χ0v) is 10.6. The van der Waals surface area contributed by atoms with Crippen molar-refractivity contribution in [1.82, 2.24) is 5.32 Å². The lowest BCUT2D eigenvalue weighted by Crippen LogP contribution is -2.31. The number of benzene rings is 1. The van der Waals surface area contributed by atoms with Crippen LogP contribution in [-0.4, -0.2) is 29.4 Å². The Morgan fingerprint density at radius 2 is 1.79 bits per heavy atom. The van der Waals surface area contributed by atoms with Gasteiger partial charge in [0.25, 0.3) is 0 Å². The summed E-state index contributed by atoms with van der Waals surface area (Å²) in [5.41, 5.74) is -0.304. The highest BCUT2D eigenvalue weighted by Gasteiger charge is 2.30. The van der Waals surface area contributed by atoms with Crippen LogP contribution in [0.1, 0.15) is 30.6 Å². The first-order chi connectivity index (χ1) is 8.84. The van der Waals surface area contributed by atoms with Crippen LogP contribution in [0.25, 0.3) is 0 Å². The number of aliphatic hydroxyl groups excluding tert-OH is 2. The first-order valence-corrected chi connectivity index (χ1v) is 6.04. The highest BCUT2D eigenvalue weighted by atomic mass is 19.4. The van der Waals surface area contributed by atoms with Gasteiger partial charge in [-0.1, -0.05) is 12.1 Å². The SMILES string of the molecule is CC(CCO)NCC(O)c1ccc(C(F)(F)F)cc1. The largest absolute Gasteiger partial charge is 0.416 e. The Kier molecular flexibility index (Phi) is 5.78. The quantitative estimate of drug-likeness (QED) is 0.746. The first kappa shape index (κ1) is 15.9. The van der Waals surface area contributed by atoms with Crippen LogP contribution in [0.3, 0.4) is 0 Å². The van der Waals surface area contributed by atoms with Gasteiger partial charge in [-0.15, -0.1) is 0 Å². The monoisotopic (exact) mass is 277 g/mol. The molecule has 1 aromatic rings. The number of nitrogens with one attached hydrogen (secondary N) is 1. The molecule has 0 radical (unpaired) electrons. The minimum Gasteiger partial charge on any atom is -0.396 e. The third kappa shape index (κ3) is 5.18. The summed E-state index contributed by atoms with van der Waals surface area (Å²) in [6.07, 6.45) is -4.68. The molecular weight excluding hydrogens is 259 g/mol. The average Bonchev–Trinajstić information content (AvgIpc) is 2.35. The molecule has 0 bridgehead atoms. The van der Waals surface area contributed by atoms with Gasteiger partial charge in [-0.05, 0) is 31.0 Å². The maximum atomic E-state index is 12.4. The van der Waals surface area contributed by atoms with Crippen LogP contribution >= 0.6 is 0 Å². The van der Waals surface area contributed by atoms with Gasteiger partial charge in [0, 0.05) is 19.2 Å². The van der Waals surface area contributed by atoms with E-state index in [1.54, 1.807) is 0 Å². The van der Waals surface area contributed by atoms with E-state index in [9.17, 15) is 18.3 Å². The zero-order valence-electron chi connectivity index (χ0n) is 10.6. The first-order valence-electron chi connectivity index (χ1n) is 6.04. The molecule has 3 N–H and O–H groups in total. The molecule has 1 aromatic carbocycles. The van der Waals surface area contributed by atoms with Crippen molar-refractivity contribution in [3.8, 4) is 0 Å². The van der Waals surface area contributed by atoms with E-state index in [0.29, 0.717) is 12.0 Å². The normalized spacial score (nSPS) is 15.3. The number of aliphatic hydroxyl groups is 2. The molecule has 0 amide bonds. The summed E-state index contributed by atoms with van der Waals surface area (Å²) in [6, 6.07) is 4.48. The molecule has 0 aliphatic rings. The minimum absolute atomic E-state index is 0.0362. The highest BCUT2D eigenvalue weighted by Crippen LogP contribution is 2.29. The van der Waals surface area contributed by atoms with Crippen LogP contribution in [0.4, 0.5) is 13.2 Å². The van der Waals surface area contributed by atoms with Gasteiger partial charge in [-0.25, -0.2) is 0 Å². The van der Waals surface area contributed by atoms with E-state index in [0.717, 1.165) is 12.1 Å². The fourth-order valence-electron chi connectivity index (χ4n) is 1.62. The van der Waals surface area contributed by atoms with Gasteiger partial charge >= 0.3 is 6.18 Å². The average molecular weight is 277 g/mol. The van der Waals surface area contributed by atoms with Crippen molar-refractivity contribution in [1.29, 1.82) is 0 Å². The van der Waals surface area contributed by atoms with E-state index in [1.807, 2.05) is 6.92 Å². The molecule has 108 valence electrons. The van der Waals surface area contributed by atoms with E-state index in [2.05, 4.69) is 5.32 Å². The summed E-state index contributed by atoms with van der Waals surface area (Å²) in [6.45, 7) is 2.13. The fourth-order valence-corrected chi connectivity index (χ4v) is 1.62. The number of halogens is 3. The van der Waals surface area contributed by atoms with E-state index >= 15 is 0 Å². The second-order valence-corrected chi connectivity index (χ2v) is 4.46. The Bertz CT molecular complexity index is 378. The van der Waals surface area contributed by atoms with Crippen LogP contribution in [0.15, 0.2) is 24.3 Å². The Morgan fingerprint density at radius 1 is 1.21 bits per heavy atom. The van der Waals surface area contributed by atoms with Gasteiger partial charge in [0.1, 0.15) is 0 Å². The molecule has 0 saturated carbocycles. The predicted octanol–water partition coefficient (Wildman–Crippen LogP) is 2.10. The molecule has 19 heavy (non-hydrogen) atoms. The molecule has 0 heterocycles. The van der Waals surface area contributed by atoms with Crippen molar-refractivity contribution in [2.45, 2.75) is 31.7 Å². The van der Waals surface area contributed by atoms with Crippen molar-refractivity contribution in [2.24, 2.45) is 0 Å². The standard InChI is InChI=1S/C13H18F3NO2/c1-9(6-7-18)17-8-12(19)10-2-4-11(5-3-10)13(14,15)16/h2-5,9,12,17-19H,6-8H2,1H3. The number of hydrogen-bond donors (Lipinski definition) is 3. The van der Waals surface area contributed by atoms with E-state index < -0.39 is 17.8 Å². The molecule has 0 saturated heterocycles. The predicted molar refractivity (Wildman–Crippen MR) is 65.6 cm³/mol. The Balaban J connectivity index is 2.56.